The number of rotatable bonds is 3. The van der Waals surface area contributed by atoms with Crippen LogP contribution in [0.4, 0.5) is 0 Å². The van der Waals surface area contributed by atoms with Crippen molar-refractivity contribution in [1.82, 2.24) is 14.0 Å². The largest absolute Gasteiger partial charge is 0.487 e. The summed E-state index contributed by atoms with van der Waals surface area (Å²) in [5.74, 6) is 1.79. The Morgan fingerprint density at radius 1 is 0.955 bits per heavy atom. The molecule has 0 unspecified atom stereocenters. The lowest BCUT2D eigenvalue weighted by Crippen LogP contribution is -1.96. The predicted molar refractivity (Wildman–Crippen MR) is 89.7 cm³/mol. The van der Waals surface area contributed by atoms with Crippen molar-refractivity contribution in [2.45, 2.75) is 6.61 Å². The van der Waals surface area contributed by atoms with E-state index in [0.29, 0.717) is 6.61 Å². The predicted octanol–water partition coefficient (Wildman–Crippen LogP) is 3.83. The average Bonchev–Trinajstić information content (AvgIpc) is 3.07. The quantitative estimate of drug-likeness (QED) is 0.575. The number of ether oxygens (including phenoxy) is 1. The normalized spacial score (nSPS) is 10.8. The molecule has 4 nitrogen and oxygen atoms in total. The third-order valence-corrected chi connectivity index (χ3v) is 3.67. The van der Waals surface area contributed by atoms with Crippen molar-refractivity contribution in [3.63, 3.8) is 0 Å². The van der Waals surface area contributed by atoms with Gasteiger partial charge >= 0.3 is 0 Å². The Morgan fingerprint density at radius 2 is 1.64 bits per heavy atom. The monoisotopic (exact) mass is 313 g/mol. The van der Waals surface area contributed by atoms with Gasteiger partial charge in [-0.15, -0.1) is 12.4 Å². The Labute approximate surface area is 134 Å². The van der Waals surface area contributed by atoms with Crippen LogP contribution in [0.15, 0.2) is 60.8 Å². The summed E-state index contributed by atoms with van der Waals surface area (Å²) in [4.78, 5) is 4.67. The molecule has 0 radical (unpaired) electrons. The molecule has 0 aliphatic carbocycles. The summed E-state index contributed by atoms with van der Waals surface area (Å²) < 4.78 is 9.97. The second-order valence-electron chi connectivity index (χ2n) is 5.05. The van der Waals surface area contributed by atoms with Gasteiger partial charge in [0.15, 0.2) is 0 Å². The van der Waals surface area contributed by atoms with Gasteiger partial charge in [0.05, 0.1) is 16.7 Å². The van der Waals surface area contributed by atoms with Gasteiger partial charge in [0.25, 0.3) is 0 Å². The lowest BCUT2D eigenvalue weighted by Gasteiger charge is -2.02. The van der Waals surface area contributed by atoms with Gasteiger partial charge in [0.2, 0.25) is 5.78 Å². The maximum absolute atomic E-state index is 5.76. The summed E-state index contributed by atoms with van der Waals surface area (Å²) in [6.45, 7) is 0.472. The molecule has 0 bridgehead atoms. The molecule has 0 fully saturated rings. The fourth-order valence-electron chi connectivity index (χ4n) is 2.63. The lowest BCUT2D eigenvalue weighted by atomic mass is 10.3. The zero-order valence-electron chi connectivity index (χ0n) is 12.1. The first-order chi connectivity index (χ1) is 10.3. The molecule has 0 aliphatic rings. The Morgan fingerprint density at radius 3 is 2.41 bits per heavy atom. The van der Waals surface area contributed by atoms with Crippen molar-refractivity contribution in [3.05, 3.63) is 66.5 Å². The van der Waals surface area contributed by atoms with E-state index in [-0.39, 0.29) is 12.4 Å². The molecule has 0 atom stereocenters. The van der Waals surface area contributed by atoms with Crippen molar-refractivity contribution in [1.29, 1.82) is 0 Å². The number of hydrogen-bond donors (Lipinski definition) is 0. The third-order valence-electron chi connectivity index (χ3n) is 3.67. The van der Waals surface area contributed by atoms with E-state index in [2.05, 4.69) is 26.1 Å². The van der Waals surface area contributed by atoms with E-state index in [9.17, 15) is 0 Å². The number of para-hydroxylation sites is 3. The number of fused-ring (bicyclic) bond motifs is 3. The highest BCUT2D eigenvalue weighted by Gasteiger charge is 2.11. The summed E-state index contributed by atoms with van der Waals surface area (Å²) in [5, 5.41) is 0. The summed E-state index contributed by atoms with van der Waals surface area (Å²) in [6.07, 6.45) is 2.04. The summed E-state index contributed by atoms with van der Waals surface area (Å²) in [6, 6.07) is 18.1. The van der Waals surface area contributed by atoms with Crippen LogP contribution in [0.5, 0.6) is 5.75 Å². The molecule has 4 rings (SSSR count). The fraction of sp³-hybridized carbons (Fsp3) is 0.118. The van der Waals surface area contributed by atoms with Gasteiger partial charge < -0.3 is 9.30 Å². The van der Waals surface area contributed by atoms with Crippen molar-refractivity contribution in [3.8, 4) is 5.75 Å². The molecule has 2 aromatic carbocycles. The average molecular weight is 314 g/mol. The van der Waals surface area contributed by atoms with Gasteiger partial charge in [0, 0.05) is 13.2 Å². The molecule has 0 spiro atoms. The highest BCUT2D eigenvalue weighted by atomic mass is 35.5. The first-order valence-corrected chi connectivity index (χ1v) is 6.92. The molecule has 2 heterocycles. The first-order valence-electron chi connectivity index (χ1n) is 6.92. The topological polar surface area (TPSA) is 31.5 Å². The van der Waals surface area contributed by atoms with Crippen LogP contribution in [0, 0.1) is 0 Å². The van der Waals surface area contributed by atoms with E-state index >= 15 is 0 Å². The molecule has 0 N–H and O–H groups in total. The second-order valence-corrected chi connectivity index (χ2v) is 5.05. The maximum Gasteiger partial charge on any atom is 0.214 e. The number of nitrogens with zero attached hydrogens (tertiary/aromatic N) is 3. The minimum atomic E-state index is 0. The summed E-state index contributed by atoms with van der Waals surface area (Å²) in [5.41, 5.74) is 3.26. The van der Waals surface area contributed by atoms with Crippen LogP contribution in [0.25, 0.3) is 16.8 Å². The SMILES string of the molecule is Cl.Cn1c2ccccc2n2cc(COc3ccccc3)nc12. The zero-order chi connectivity index (χ0) is 14.2. The van der Waals surface area contributed by atoms with Crippen LogP contribution >= 0.6 is 12.4 Å². The maximum atomic E-state index is 5.76. The Kier molecular flexibility index (Phi) is 3.77. The summed E-state index contributed by atoms with van der Waals surface area (Å²) >= 11 is 0. The Bertz CT molecular complexity index is 912. The first kappa shape index (κ1) is 14.5. The fourth-order valence-corrected chi connectivity index (χ4v) is 2.63. The van der Waals surface area contributed by atoms with Crippen LogP contribution in [0.3, 0.4) is 0 Å². The van der Waals surface area contributed by atoms with E-state index in [1.54, 1.807) is 0 Å². The van der Waals surface area contributed by atoms with E-state index in [1.807, 2.05) is 55.7 Å². The minimum Gasteiger partial charge on any atom is -0.487 e. The van der Waals surface area contributed by atoms with Crippen molar-refractivity contribution >= 4 is 29.2 Å². The van der Waals surface area contributed by atoms with E-state index in [0.717, 1.165) is 22.7 Å². The number of halogens is 1. The van der Waals surface area contributed by atoms with Gasteiger partial charge in [-0.05, 0) is 24.3 Å². The number of imidazole rings is 2. The Hall–Kier alpha value is -2.46. The number of hydrogen-bond acceptors (Lipinski definition) is 2. The molecular weight excluding hydrogens is 298 g/mol. The van der Waals surface area contributed by atoms with E-state index in [1.165, 1.54) is 5.52 Å². The van der Waals surface area contributed by atoms with Crippen LogP contribution in [-0.4, -0.2) is 14.0 Å². The molecule has 112 valence electrons. The number of aryl methyl sites for hydroxylation is 1. The smallest absolute Gasteiger partial charge is 0.214 e. The van der Waals surface area contributed by atoms with Gasteiger partial charge in [-0.1, -0.05) is 30.3 Å². The van der Waals surface area contributed by atoms with E-state index in [4.69, 9.17) is 4.74 Å². The van der Waals surface area contributed by atoms with Gasteiger partial charge in [-0.2, -0.15) is 0 Å². The van der Waals surface area contributed by atoms with Gasteiger partial charge in [-0.25, -0.2) is 4.98 Å². The van der Waals surface area contributed by atoms with Crippen LogP contribution in [0.1, 0.15) is 5.69 Å². The lowest BCUT2D eigenvalue weighted by molar-refractivity contribution is 0.302. The highest BCUT2D eigenvalue weighted by Crippen LogP contribution is 2.20. The molecule has 0 aliphatic heterocycles. The molecule has 4 aromatic rings. The van der Waals surface area contributed by atoms with Gasteiger partial charge in [-0.3, -0.25) is 4.40 Å². The second kappa shape index (κ2) is 5.73. The summed E-state index contributed by atoms with van der Waals surface area (Å²) in [7, 11) is 2.03. The van der Waals surface area contributed by atoms with Crippen LogP contribution in [0.2, 0.25) is 0 Å². The highest BCUT2D eigenvalue weighted by molar-refractivity contribution is 5.85. The Balaban J connectivity index is 0.00000144. The third kappa shape index (κ3) is 2.31. The molecule has 22 heavy (non-hydrogen) atoms. The molecule has 2 aromatic heterocycles. The molecular formula is C17H16ClN3O. The molecule has 0 saturated heterocycles. The number of aromatic nitrogens is 3. The van der Waals surface area contributed by atoms with Gasteiger partial charge in [0.1, 0.15) is 12.4 Å². The van der Waals surface area contributed by atoms with Crippen LogP contribution < -0.4 is 4.74 Å². The molecule has 5 heteroatoms. The van der Waals surface area contributed by atoms with Crippen LogP contribution in [-0.2, 0) is 13.7 Å². The van der Waals surface area contributed by atoms with Crippen molar-refractivity contribution in [2.75, 3.05) is 0 Å². The van der Waals surface area contributed by atoms with Crippen molar-refractivity contribution in [2.24, 2.45) is 7.05 Å². The zero-order valence-corrected chi connectivity index (χ0v) is 13.0. The minimum absolute atomic E-state index is 0. The number of benzene rings is 2. The van der Waals surface area contributed by atoms with E-state index < -0.39 is 0 Å². The molecule has 0 amide bonds. The van der Waals surface area contributed by atoms with Crippen molar-refractivity contribution < 1.29 is 4.74 Å². The molecule has 0 saturated carbocycles. The standard InChI is InChI=1S/C17H15N3O.ClH/c1-19-15-9-5-6-10-16(15)20-11-13(18-17(19)20)12-21-14-7-3-2-4-8-14;/h2-11H,12H2,1H3;1H.